The van der Waals surface area contributed by atoms with Gasteiger partial charge in [-0.2, -0.15) is 0 Å². The zero-order valence-electron chi connectivity index (χ0n) is 17.3. The maximum atomic E-state index is 13.8. The number of fused-ring (bicyclic) bond motifs is 1. The summed E-state index contributed by atoms with van der Waals surface area (Å²) < 4.78 is 24.3. The second-order valence-corrected chi connectivity index (χ2v) is 8.30. The lowest BCUT2D eigenvalue weighted by molar-refractivity contribution is -0.122. The molecule has 0 spiro atoms. The molecular formula is C22H27FN2O4S. The summed E-state index contributed by atoms with van der Waals surface area (Å²) in [5.74, 6) is -1.13. The van der Waals surface area contributed by atoms with E-state index in [0.29, 0.717) is 30.1 Å². The maximum Gasteiger partial charge on any atom is 0.265 e. The minimum atomic E-state index is -0.918. The van der Waals surface area contributed by atoms with Crippen LogP contribution in [-0.2, 0) is 22.4 Å². The van der Waals surface area contributed by atoms with Crippen molar-refractivity contribution in [2.45, 2.75) is 45.1 Å². The molecule has 1 aromatic carbocycles. The molecule has 0 aliphatic heterocycles. The molecule has 0 saturated carbocycles. The molecule has 1 aliphatic carbocycles. The summed E-state index contributed by atoms with van der Waals surface area (Å²) in [5, 5.41) is 6.28. The van der Waals surface area contributed by atoms with E-state index in [2.05, 4.69) is 10.6 Å². The highest BCUT2D eigenvalue weighted by Gasteiger charge is 2.27. The molecule has 0 saturated heterocycles. The van der Waals surface area contributed by atoms with E-state index in [-0.39, 0.29) is 11.7 Å². The molecule has 1 unspecified atom stereocenters. The summed E-state index contributed by atoms with van der Waals surface area (Å²) in [5.41, 5.74) is 1.56. The van der Waals surface area contributed by atoms with E-state index in [4.69, 9.17) is 9.47 Å². The van der Waals surface area contributed by atoms with Crippen LogP contribution in [0.2, 0.25) is 0 Å². The van der Waals surface area contributed by atoms with Crippen molar-refractivity contribution in [2.24, 2.45) is 0 Å². The van der Waals surface area contributed by atoms with Crippen LogP contribution in [0.3, 0.4) is 0 Å². The number of thiophene rings is 1. The predicted molar refractivity (Wildman–Crippen MR) is 115 cm³/mol. The van der Waals surface area contributed by atoms with Crippen molar-refractivity contribution in [3.8, 4) is 5.75 Å². The number of nitrogens with one attached hydrogen (secondary N) is 2. The lowest BCUT2D eigenvalue weighted by atomic mass is 9.95. The van der Waals surface area contributed by atoms with Gasteiger partial charge in [0.25, 0.3) is 11.8 Å². The lowest BCUT2D eigenvalue weighted by Gasteiger charge is -2.16. The first-order valence-corrected chi connectivity index (χ1v) is 11.0. The molecule has 8 heteroatoms. The zero-order chi connectivity index (χ0) is 21.5. The molecule has 1 atom stereocenters. The number of hydrogen-bond donors (Lipinski definition) is 2. The van der Waals surface area contributed by atoms with Gasteiger partial charge in [-0.3, -0.25) is 9.59 Å². The van der Waals surface area contributed by atoms with Gasteiger partial charge in [0.2, 0.25) is 0 Å². The topological polar surface area (TPSA) is 76.7 Å². The van der Waals surface area contributed by atoms with Gasteiger partial charge in [-0.25, -0.2) is 4.39 Å². The summed E-state index contributed by atoms with van der Waals surface area (Å²) in [6, 6.07) is 5.95. The number of ether oxygens (including phenoxy) is 2. The molecule has 0 bridgehead atoms. The largest absolute Gasteiger partial charge is 0.478 e. The molecule has 0 radical (unpaired) electrons. The van der Waals surface area contributed by atoms with Crippen LogP contribution in [0.25, 0.3) is 0 Å². The molecule has 2 aromatic rings. The number of carbonyl (C=O) groups is 2. The standard InChI is InChI=1S/C22H27FN2O4S/c1-14(29-17-10-5-4-9-16(17)23)20(26)25-22-19(21(27)24-12-7-13-28-2)15-8-3-6-11-18(15)30-22/h4-5,9-10,14H,3,6-8,11-13H2,1-2H3,(H,24,27)(H,25,26). The van der Waals surface area contributed by atoms with Crippen molar-refractivity contribution in [1.29, 1.82) is 0 Å². The zero-order valence-corrected chi connectivity index (χ0v) is 18.1. The number of rotatable bonds is 9. The average molecular weight is 435 g/mol. The van der Waals surface area contributed by atoms with E-state index in [9.17, 15) is 14.0 Å². The van der Waals surface area contributed by atoms with Crippen molar-refractivity contribution in [2.75, 3.05) is 25.6 Å². The van der Waals surface area contributed by atoms with Crippen molar-refractivity contribution < 1.29 is 23.5 Å². The number of anilines is 1. The molecule has 162 valence electrons. The van der Waals surface area contributed by atoms with E-state index >= 15 is 0 Å². The van der Waals surface area contributed by atoms with Crippen LogP contribution >= 0.6 is 11.3 Å². The minimum Gasteiger partial charge on any atom is -0.478 e. The van der Waals surface area contributed by atoms with Crippen LogP contribution in [0.1, 0.15) is 47.0 Å². The Bertz CT molecular complexity index is 899. The van der Waals surface area contributed by atoms with Crippen LogP contribution in [0.5, 0.6) is 5.75 Å². The summed E-state index contributed by atoms with van der Waals surface area (Å²) >= 11 is 1.44. The number of carbonyl (C=O) groups excluding carboxylic acids is 2. The number of hydrogen-bond acceptors (Lipinski definition) is 5. The van der Waals surface area contributed by atoms with Gasteiger partial charge in [0, 0.05) is 25.1 Å². The van der Waals surface area contributed by atoms with E-state index in [1.165, 1.54) is 23.5 Å². The normalized spacial score (nSPS) is 14.0. The van der Waals surface area contributed by atoms with Crippen molar-refractivity contribution >= 4 is 28.2 Å². The first-order chi connectivity index (χ1) is 14.5. The van der Waals surface area contributed by atoms with Crippen molar-refractivity contribution in [3.05, 3.63) is 46.1 Å². The van der Waals surface area contributed by atoms with E-state index in [1.54, 1.807) is 26.2 Å². The number of aryl methyl sites for hydroxylation is 1. The molecule has 6 nitrogen and oxygen atoms in total. The highest BCUT2D eigenvalue weighted by Crippen LogP contribution is 2.38. The minimum absolute atomic E-state index is 0.0155. The maximum absolute atomic E-state index is 13.8. The lowest BCUT2D eigenvalue weighted by Crippen LogP contribution is -2.32. The average Bonchev–Trinajstić information content (AvgIpc) is 3.10. The third-order valence-electron chi connectivity index (χ3n) is 4.96. The van der Waals surface area contributed by atoms with Crippen LogP contribution in [0.4, 0.5) is 9.39 Å². The van der Waals surface area contributed by atoms with E-state index in [1.807, 2.05) is 0 Å². The molecule has 1 heterocycles. The molecule has 30 heavy (non-hydrogen) atoms. The Kier molecular flexibility index (Phi) is 7.81. The monoisotopic (exact) mass is 434 g/mol. The predicted octanol–water partition coefficient (Wildman–Crippen LogP) is 3.94. The highest BCUT2D eigenvalue weighted by molar-refractivity contribution is 7.17. The SMILES string of the molecule is COCCCNC(=O)c1c(NC(=O)C(C)Oc2ccccc2F)sc2c1CCCC2. The van der Waals surface area contributed by atoms with Crippen molar-refractivity contribution in [1.82, 2.24) is 5.32 Å². The molecule has 1 aromatic heterocycles. The van der Waals surface area contributed by atoms with E-state index in [0.717, 1.165) is 36.1 Å². The van der Waals surface area contributed by atoms with Gasteiger partial charge in [-0.1, -0.05) is 12.1 Å². The first-order valence-electron chi connectivity index (χ1n) is 10.1. The fraction of sp³-hybridized carbons (Fsp3) is 0.455. The third kappa shape index (κ3) is 5.37. The summed E-state index contributed by atoms with van der Waals surface area (Å²) in [7, 11) is 1.62. The van der Waals surface area contributed by atoms with E-state index < -0.39 is 17.8 Å². The molecular weight excluding hydrogens is 407 g/mol. The van der Waals surface area contributed by atoms with Crippen LogP contribution in [-0.4, -0.2) is 38.2 Å². The fourth-order valence-electron chi connectivity index (χ4n) is 3.40. The van der Waals surface area contributed by atoms with Gasteiger partial charge in [0.15, 0.2) is 17.7 Å². The summed E-state index contributed by atoms with van der Waals surface area (Å²) in [6.07, 6.45) is 3.61. The quantitative estimate of drug-likeness (QED) is 0.586. The highest BCUT2D eigenvalue weighted by atomic mass is 32.1. The summed E-state index contributed by atoms with van der Waals surface area (Å²) in [4.78, 5) is 26.7. The Morgan fingerprint density at radius 2 is 2.00 bits per heavy atom. The summed E-state index contributed by atoms with van der Waals surface area (Å²) in [6.45, 7) is 2.62. The number of benzene rings is 1. The number of para-hydroxylation sites is 1. The Labute approximate surface area is 179 Å². The second-order valence-electron chi connectivity index (χ2n) is 7.20. The molecule has 2 N–H and O–H groups in total. The van der Waals surface area contributed by atoms with Crippen molar-refractivity contribution in [3.63, 3.8) is 0 Å². The van der Waals surface area contributed by atoms with Gasteiger partial charge in [-0.15, -0.1) is 11.3 Å². The molecule has 0 fully saturated rings. The number of methoxy groups -OCH3 is 1. The van der Waals surface area contributed by atoms with Gasteiger partial charge < -0.3 is 20.1 Å². The number of halogens is 1. The van der Waals surface area contributed by atoms with Gasteiger partial charge in [-0.05, 0) is 56.7 Å². The molecule has 1 aliphatic rings. The molecule has 2 amide bonds. The van der Waals surface area contributed by atoms with Gasteiger partial charge >= 0.3 is 0 Å². The Balaban J connectivity index is 1.74. The number of amides is 2. The Hall–Kier alpha value is -2.45. The van der Waals surface area contributed by atoms with Crippen LogP contribution in [0.15, 0.2) is 24.3 Å². The third-order valence-corrected chi connectivity index (χ3v) is 6.16. The van der Waals surface area contributed by atoms with Crippen LogP contribution < -0.4 is 15.4 Å². The Morgan fingerprint density at radius 1 is 1.23 bits per heavy atom. The molecule has 3 rings (SSSR count). The Morgan fingerprint density at radius 3 is 2.77 bits per heavy atom. The second kappa shape index (κ2) is 10.5. The van der Waals surface area contributed by atoms with Crippen LogP contribution in [0, 0.1) is 5.82 Å². The fourth-order valence-corrected chi connectivity index (χ4v) is 4.69. The van der Waals surface area contributed by atoms with Gasteiger partial charge in [0.1, 0.15) is 5.00 Å². The smallest absolute Gasteiger partial charge is 0.265 e. The first kappa shape index (κ1) is 22.2. The van der Waals surface area contributed by atoms with Gasteiger partial charge in [0.05, 0.1) is 5.56 Å².